The fourth-order valence-corrected chi connectivity index (χ4v) is 2.48. The molecule has 20 heavy (non-hydrogen) atoms. The summed E-state index contributed by atoms with van der Waals surface area (Å²) in [6.07, 6.45) is 0.392. The van der Waals surface area contributed by atoms with Crippen LogP contribution in [0.25, 0.3) is 0 Å². The highest BCUT2D eigenvalue weighted by atomic mass is 19.2. The molecule has 1 rings (SSSR count). The highest BCUT2D eigenvalue weighted by Gasteiger charge is 2.25. The zero-order valence-electron chi connectivity index (χ0n) is 12.7. The third kappa shape index (κ3) is 4.53. The molecule has 0 spiro atoms. The van der Waals surface area contributed by atoms with Gasteiger partial charge < -0.3 is 10.1 Å². The van der Waals surface area contributed by atoms with Crippen LogP contribution in [0.1, 0.15) is 33.3 Å². The molecular weight excluding hydrogens is 260 g/mol. The Hall–Kier alpha value is -1.00. The zero-order valence-corrected chi connectivity index (χ0v) is 12.7. The number of halogens is 2. The van der Waals surface area contributed by atoms with E-state index in [2.05, 4.69) is 19.2 Å². The van der Waals surface area contributed by atoms with Crippen LogP contribution in [0, 0.1) is 17.6 Å². The Morgan fingerprint density at radius 3 is 2.45 bits per heavy atom. The molecule has 0 aliphatic carbocycles. The van der Waals surface area contributed by atoms with Crippen molar-refractivity contribution in [3.05, 3.63) is 35.4 Å². The lowest BCUT2D eigenvalue weighted by Crippen LogP contribution is -2.45. The molecule has 2 nitrogen and oxygen atoms in total. The molecule has 2 atom stereocenters. The fourth-order valence-electron chi connectivity index (χ4n) is 2.48. The van der Waals surface area contributed by atoms with Gasteiger partial charge in [0.2, 0.25) is 0 Å². The largest absolute Gasteiger partial charge is 0.377 e. The summed E-state index contributed by atoms with van der Waals surface area (Å²) in [6.45, 7) is 9.47. The van der Waals surface area contributed by atoms with Crippen molar-refractivity contribution in [2.45, 2.75) is 46.3 Å². The van der Waals surface area contributed by atoms with Crippen LogP contribution >= 0.6 is 0 Å². The van der Waals surface area contributed by atoms with Crippen molar-refractivity contribution in [3.8, 4) is 0 Å². The van der Waals surface area contributed by atoms with E-state index in [1.54, 1.807) is 12.1 Å². The lowest BCUT2D eigenvalue weighted by atomic mass is 9.93. The normalized spacial score (nSPS) is 14.6. The van der Waals surface area contributed by atoms with E-state index in [9.17, 15) is 8.78 Å². The molecule has 1 aromatic rings. The molecule has 0 amide bonds. The monoisotopic (exact) mass is 285 g/mol. The number of hydrogen-bond donors (Lipinski definition) is 1. The molecule has 0 aliphatic heterocycles. The van der Waals surface area contributed by atoms with Gasteiger partial charge in [0.15, 0.2) is 11.6 Å². The Morgan fingerprint density at radius 2 is 1.90 bits per heavy atom. The predicted octanol–water partition coefficient (Wildman–Crippen LogP) is 3.55. The lowest BCUT2D eigenvalue weighted by Gasteiger charge is -2.31. The molecule has 1 aromatic carbocycles. The maximum atomic E-state index is 13.8. The zero-order chi connectivity index (χ0) is 15.1. The topological polar surface area (TPSA) is 21.3 Å². The fraction of sp³-hybridized carbons (Fsp3) is 0.625. The summed E-state index contributed by atoms with van der Waals surface area (Å²) < 4.78 is 32.9. The predicted molar refractivity (Wildman–Crippen MR) is 77.8 cm³/mol. The molecule has 2 unspecified atom stereocenters. The second-order valence-corrected chi connectivity index (χ2v) is 5.25. The number of nitrogens with one attached hydrogen (secondary N) is 1. The van der Waals surface area contributed by atoms with Crippen molar-refractivity contribution in [2.75, 3.05) is 13.2 Å². The molecular formula is C16H25F2NO. The first kappa shape index (κ1) is 17.1. The summed E-state index contributed by atoms with van der Waals surface area (Å²) >= 11 is 0. The van der Waals surface area contributed by atoms with Gasteiger partial charge in [0.25, 0.3) is 0 Å². The van der Waals surface area contributed by atoms with Crippen molar-refractivity contribution >= 4 is 0 Å². The highest BCUT2D eigenvalue weighted by molar-refractivity contribution is 5.20. The third-order valence-electron chi connectivity index (χ3n) is 3.35. The van der Waals surface area contributed by atoms with Gasteiger partial charge in [-0.05, 0) is 37.4 Å². The van der Waals surface area contributed by atoms with Crippen LogP contribution < -0.4 is 5.32 Å². The van der Waals surface area contributed by atoms with E-state index >= 15 is 0 Å². The van der Waals surface area contributed by atoms with E-state index in [1.165, 1.54) is 0 Å². The first-order valence-electron chi connectivity index (χ1n) is 7.29. The summed E-state index contributed by atoms with van der Waals surface area (Å²) in [6, 6.07) is 4.29. The minimum atomic E-state index is -0.796. The van der Waals surface area contributed by atoms with Gasteiger partial charge in [-0.3, -0.25) is 0 Å². The second-order valence-electron chi connectivity index (χ2n) is 5.25. The lowest BCUT2D eigenvalue weighted by molar-refractivity contribution is 0.00376. The summed E-state index contributed by atoms with van der Waals surface area (Å²) in [5, 5.41) is 3.33. The van der Waals surface area contributed by atoms with E-state index in [0.717, 1.165) is 12.6 Å². The van der Waals surface area contributed by atoms with Gasteiger partial charge in [-0.25, -0.2) is 8.78 Å². The van der Waals surface area contributed by atoms with Crippen LogP contribution in [0.4, 0.5) is 8.78 Å². The molecule has 0 aliphatic rings. The van der Waals surface area contributed by atoms with Gasteiger partial charge in [0.1, 0.15) is 0 Å². The molecule has 1 N–H and O–H groups in total. The van der Waals surface area contributed by atoms with Gasteiger partial charge in [0, 0.05) is 12.6 Å². The SMILES string of the molecule is CCNC(Cc1cccc(F)c1F)C(OCC)C(C)C. The number of ether oxygens (including phenoxy) is 1. The van der Waals surface area contributed by atoms with Gasteiger partial charge >= 0.3 is 0 Å². The van der Waals surface area contributed by atoms with Crippen molar-refractivity contribution in [3.63, 3.8) is 0 Å². The molecule has 4 heteroatoms. The molecule has 0 heterocycles. The standard InChI is InChI=1S/C16H25F2NO/c1-5-19-14(16(11(3)4)20-6-2)10-12-8-7-9-13(17)15(12)18/h7-9,11,14,16,19H,5-6,10H2,1-4H3. The second kappa shape index (κ2) is 8.32. The van der Waals surface area contributed by atoms with Gasteiger partial charge in [-0.2, -0.15) is 0 Å². The number of likely N-dealkylation sites (N-methyl/N-ethyl adjacent to an activating group) is 1. The maximum absolute atomic E-state index is 13.8. The maximum Gasteiger partial charge on any atom is 0.162 e. The highest BCUT2D eigenvalue weighted by Crippen LogP contribution is 2.19. The van der Waals surface area contributed by atoms with E-state index in [-0.39, 0.29) is 12.1 Å². The average molecular weight is 285 g/mol. The van der Waals surface area contributed by atoms with E-state index < -0.39 is 11.6 Å². The first-order valence-corrected chi connectivity index (χ1v) is 7.29. The molecule has 0 radical (unpaired) electrons. The third-order valence-corrected chi connectivity index (χ3v) is 3.35. The molecule has 0 aromatic heterocycles. The number of hydrogen-bond acceptors (Lipinski definition) is 2. The molecule has 0 bridgehead atoms. The van der Waals surface area contributed by atoms with Crippen molar-refractivity contribution in [1.82, 2.24) is 5.32 Å². The first-order chi connectivity index (χ1) is 9.51. The number of benzene rings is 1. The van der Waals surface area contributed by atoms with Gasteiger partial charge in [-0.15, -0.1) is 0 Å². The molecule has 0 saturated carbocycles. The van der Waals surface area contributed by atoms with Crippen molar-refractivity contribution < 1.29 is 13.5 Å². The smallest absolute Gasteiger partial charge is 0.162 e. The van der Waals surface area contributed by atoms with Crippen LogP contribution in [0.2, 0.25) is 0 Å². The Morgan fingerprint density at radius 1 is 1.20 bits per heavy atom. The van der Waals surface area contributed by atoms with Crippen molar-refractivity contribution in [1.29, 1.82) is 0 Å². The van der Waals surface area contributed by atoms with Crippen LogP contribution in [-0.4, -0.2) is 25.3 Å². The minimum absolute atomic E-state index is 0.0254. The Balaban J connectivity index is 2.92. The average Bonchev–Trinajstić information content (AvgIpc) is 2.40. The van der Waals surface area contributed by atoms with E-state index in [1.807, 2.05) is 13.8 Å². The minimum Gasteiger partial charge on any atom is -0.377 e. The Bertz CT molecular complexity index is 409. The van der Waals surface area contributed by atoms with Crippen LogP contribution in [-0.2, 0) is 11.2 Å². The quantitative estimate of drug-likeness (QED) is 0.788. The van der Waals surface area contributed by atoms with E-state index in [4.69, 9.17) is 4.74 Å². The summed E-state index contributed by atoms with van der Waals surface area (Å²) in [7, 11) is 0. The molecule has 0 fully saturated rings. The Labute approximate surface area is 120 Å². The van der Waals surface area contributed by atoms with Crippen molar-refractivity contribution in [2.24, 2.45) is 5.92 Å². The van der Waals surface area contributed by atoms with Gasteiger partial charge in [0.05, 0.1) is 6.10 Å². The summed E-state index contributed by atoms with van der Waals surface area (Å²) in [5.41, 5.74) is 0.390. The summed E-state index contributed by atoms with van der Waals surface area (Å²) in [5.74, 6) is -1.25. The van der Waals surface area contributed by atoms with Crippen LogP contribution in [0.3, 0.4) is 0 Å². The Kier molecular flexibility index (Phi) is 7.10. The van der Waals surface area contributed by atoms with Gasteiger partial charge in [-0.1, -0.05) is 32.9 Å². The van der Waals surface area contributed by atoms with Crippen LogP contribution in [0.5, 0.6) is 0 Å². The number of rotatable bonds is 8. The van der Waals surface area contributed by atoms with Crippen LogP contribution in [0.15, 0.2) is 18.2 Å². The summed E-state index contributed by atoms with van der Waals surface area (Å²) in [4.78, 5) is 0. The molecule has 0 saturated heterocycles. The molecule has 114 valence electrons. The van der Waals surface area contributed by atoms with E-state index in [0.29, 0.717) is 24.5 Å².